The number of hydrogen-bond acceptors (Lipinski definition) is 3. The lowest BCUT2D eigenvalue weighted by atomic mass is 10.1. The largest absolute Gasteiger partial charge is 0.464 e. The molecule has 116 valence electrons. The first-order chi connectivity index (χ1) is 9.77. The summed E-state index contributed by atoms with van der Waals surface area (Å²) in [5, 5.41) is 3.53. The number of halogens is 2. The van der Waals surface area contributed by atoms with Crippen molar-refractivity contribution in [2.45, 2.75) is 33.2 Å². The van der Waals surface area contributed by atoms with E-state index in [2.05, 4.69) is 5.32 Å². The third kappa shape index (κ3) is 6.82. The number of carbonyl (C=O) groups is 2. The maximum Gasteiger partial charge on any atom is 0.328 e. The monoisotopic (exact) mass is 331 g/mol. The Hall–Kier alpha value is -1.26. The van der Waals surface area contributed by atoms with Gasteiger partial charge < -0.3 is 10.1 Å². The molecule has 1 amide bonds. The fourth-order valence-electron chi connectivity index (χ4n) is 1.62. The molecule has 0 aliphatic carbocycles. The van der Waals surface area contributed by atoms with Crippen molar-refractivity contribution >= 4 is 35.1 Å². The number of rotatable bonds is 6. The number of esters is 1. The number of amides is 1. The van der Waals surface area contributed by atoms with Gasteiger partial charge in [0.25, 0.3) is 0 Å². The van der Waals surface area contributed by atoms with Crippen LogP contribution in [0.2, 0.25) is 10.0 Å². The summed E-state index contributed by atoms with van der Waals surface area (Å²) in [5.41, 5.74) is 0.688. The van der Waals surface area contributed by atoms with Gasteiger partial charge in [0.05, 0.1) is 13.0 Å². The topological polar surface area (TPSA) is 55.4 Å². The van der Waals surface area contributed by atoms with E-state index in [1.54, 1.807) is 25.1 Å². The van der Waals surface area contributed by atoms with E-state index in [1.807, 2.05) is 13.8 Å². The Labute approximate surface area is 134 Å². The molecular formula is C15H19Cl2NO3. The van der Waals surface area contributed by atoms with Gasteiger partial charge in [-0.3, -0.25) is 4.79 Å². The highest BCUT2D eigenvalue weighted by Gasteiger charge is 2.17. The Morgan fingerprint density at radius 2 is 1.71 bits per heavy atom. The van der Waals surface area contributed by atoms with Crippen molar-refractivity contribution in [1.82, 2.24) is 5.32 Å². The maximum absolute atomic E-state index is 11.9. The zero-order valence-corrected chi connectivity index (χ0v) is 13.8. The van der Waals surface area contributed by atoms with Gasteiger partial charge in [-0.1, -0.05) is 37.0 Å². The first kappa shape index (κ1) is 17.8. The van der Waals surface area contributed by atoms with Crippen LogP contribution in [-0.4, -0.2) is 24.5 Å². The van der Waals surface area contributed by atoms with Crippen LogP contribution in [0.25, 0.3) is 0 Å². The molecule has 1 rings (SSSR count). The molecule has 0 aromatic heterocycles. The quantitative estimate of drug-likeness (QED) is 0.814. The lowest BCUT2D eigenvalue weighted by molar-refractivity contribution is -0.148. The summed E-state index contributed by atoms with van der Waals surface area (Å²) in [6.45, 7) is 5.81. The van der Waals surface area contributed by atoms with E-state index in [4.69, 9.17) is 27.9 Å². The SMILES string of the molecule is CC(C)COC(=O)[C@H](C)NC(=O)Cc1cc(Cl)cc(Cl)c1. The van der Waals surface area contributed by atoms with E-state index in [9.17, 15) is 9.59 Å². The highest BCUT2D eigenvalue weighted by Crippen LogP contribution is 2.19. The van der Waals surface area contributed by atoms with Crippen molar-refractivity contribution in [1.29, 1.82) is 0 Å². The molecule has 0 fully saturated rings. The highest BCUT2D eigenvalue weighted by atomic mass is 35.5. The van der Waals surface area contributed by atoms with Gasteiger partial charge in [0.2, 0.25) is 5.91 Å². The summed E-state index contributed by atoms with van der Waals surface area (Å²) >= 11 is 11.7. The Bertz CT molecular complexity index is 497. The molecule has 21 heavy (non-hydrogen) atoms. The van der Waals surface area contributed by atoms with Crippen molar-refractivity contribution < 1.29 is 14.3 Å². The standard InChI is InChI=1S/C15H19Cl2NO3/c1-9(2)8-21-15(20)10(3)18-14(19)6-11-4-12(16)7-13(17)5-11/h4-5,7,9-10H,6,8H2,1-3H3,(H,18,19)/t10-/m0/s1. The van der Waals surface area contributed by atoms with Crippen LogP contribution in [0, 0.1) is 5.92 Å². The van der Waals surface area contributed by atoms with Gasteiger partial charge in [-0.2, -0.15) is 0 Å². The molecule has 6 heteroatoms. The molecule has 0 saturated carbocycles. The van der Waals surface area contributed by atoms with E-state index in [1.165, 1.54) is 0 Å². The van der Waals surface area contributed by atoms with Crippen molar-refractivity contribution in [3.05, 3.63) is 33.8 Å². The number of carbonyl (C=O) groups excluding carboxylic acids is 2. The van der Waals surface area contributed by atoms with Gasteiger partial charge in [-0.15, -0.1) is 0 Å². The van der Waals surface area contributed by atoms with Crippen molar-refractivity contribution in [2.24, 2.45) is 5.92 Å². The van der Waals surface area contributed by atoms with Crippen LogP contribution < -0.4 is 5.32 Å². The van der Waals surface area contributed by atoms with Crippen LogP contribution in [-0.2, 0) is 20.7 Å². The molecule has 1 atom stereocenters. The minimum Gasteiger partial charge on any atom is -0.464 e. The first-order valence-corrected chi connectivity index (χ1v) is 7.44. The zero-order valence-electron chi connectivity index (χ0n) is 12.3. The van der Waals surface area contributed by atoms with Crippen molar-refractivity contribution in [2.75, 3.05) is 6.61 Å². The molecule has 1 N–H and O–H groups in total. The van der Waals surface area contributed by atoms with E-state index >= 15 is 0 Å². The average Bonchev–Trinajstić information content (AvgIpc) is 2.34. The maximum atomic E-state index is 11.9. The number of nitrogens with one attached hydrogen (secondary N) is 1. The van der Waals surface area contributed by atoms with Crippen LogP contribution in [0.5, 0.6) is 0 Å². The van der Waals surface area contributed by atoms with Crippen LogP contribution in [0.1, 0.15) is 26.3 Å². The van der Waals surface area contributed by atoms with E-state index in [0.29, 0.717) is 22.2 Å². The lowest BCUT2D eigenvalue weighted by Crippen LogP contribution is -2.40. The summed E-state index contributed by atoms with van der Waals surface area (Å²) < 4.78 is 5.06. The normalized spacial score (nSPS) is 12.1. The fourth-order valence-corrected chi connectivity index (χ4v) is 2.19. The fraction of sp³-hybridized carbons (Fsp3) is 0.467. The Balaban J connectivity index is 2.51. The molecule has 4 nitrogen and oxygen atoms in total. The molecule has 0 bridgehead atoms. The van der Waals surface area contributed by atoms with Gasteiger partial charge in [0.15, 0.2) is 0 Å². The molecule has 0 aliphatic heterocycles. The molecule has 1 aromatic carbocycles. The molecule has 1 aromatic rings. The van der Waals surface area contributed by atoms with Gasteiger partial charge in [0.1, 0.15) is 6.04 Å². The van der Waals surface area contributed by atoms with Gasteiger partial charge >= 0.3 is 5.97 Å². The number of benzene rings is 1. The lowest BCUT2D eigenvalue weighted by Gasteiger charge is -2.14. The van der Waals surface area contributed by atoms with Crippen molar-refractivity contribution in [3.8, 4) is 0 Å². The van der Waals surface area contributed by atoms with Crippen LogP contribution in [0.3, 0.4) is 0 Å². The van der Waals surface area contributed by atoms with Gasteiger partial charge in [-0.05, 0) is 36.6 Å². The minimum atomic E-state index is -0.689. The third-order valence-electron chi connectivity index (χ3n) is 2.58. The second-order valence-electron chi connectivity index (χ2n) is 5.27. The van der Waals surface area contributed by atoms with E-state index in [-0.39, 0.29) is 18.2 Å². The molecule has 0 aliphatic rings. The minimum absolute atomic E-state index is 0.0993. The highest BCUT2D eigenvalue weighted by molar-refractivity contribution is 6.34. The smallest absolute Gasteiger partial charge is 0.328 e. The summed E-state index contributed by atoms with van der Waals surface area (Å²) in [7, 11) is 0. The molecule has 0 saturated heterocycles. The molecule has 0 heterocycles. The zero-order chi connectivity index (χ0) is 16.0. The molecule has 0 unspecified atom stereocenters. The van der Waals surface area contributed by atoms with Crippen LogP contribution >= 0.6 is 23.2 Å². The Morgan fingerprint density at radius 1 is 1.14 bits per heavy atom. The number of hydrogen-bond donors (Lipinski definition) is 1. The predicted octanol–water partition coefficient (Wildman–Crippen LogP) is 3.24. The first-order valence-electron chi connectivity index (χ1n) is 6.69. The molecule has 0 radical (unpaired) electrons. The third-order valence-corrected chi connectivity index (χ3v) is 3.01. The predicted molar refractivity (Wildman–Crippen MR) is 83.6 cm³/mol. The van der Waals surface area contributed by atoms with Crippen LogP contribution in [0.15, 0.2) is 18.2 Å². The summed E-state index contributed by atoms with van der Waals surface area (Å²) in [6.07, 6.45) is 0.0993. The molecular weight excluding hydrogens is 313 g/mol. The second-order valence-corrected chi connectivity index (χ2v) is 6.14. The summed E-state index contributed by atoms with van der Waals surface area (Å²) in [6, 6.07) is 4.23. The van der Waals surface area contributed by atoms with Gasteiger partial charge in [-0.25, -0.2) is 4.79 Å². The summed E-state index contributed by atoms with van der Waals surface area (Å²) in [5.74, 6) is -0.478. The average molecular weight is 332 g/mol. The second kappa shape index (κ2) is 8.25. The van der Waals surface area contributed by atoms with Crippen LogP contribution in [0.4, 0.5) is 0 Å². The van der Waals surface area contributed by atoms with Crippen molar-refractivity contribution in [3.63, 3.8) is 0 Å². The Morgan fingerprint density at radius 3 is 2.24 bits per heavy atom. The van der Waals surface area contributed by atoms with Gasteiger partial charge in [0, 0.05) is 10.0 Å². The van der Waals surface area contributed by atoms with E-state index < -0.39 is 12.0 Å². The number of ether oxygens (including phenoxy) is 1. The summed E-state index contributed by atoms with van der Waals surface area (Å²) in [4.78, 5) is 23.5. The Kier molecular flexibility index (Phi) is 6.99. The van der Waals surface area contributed by atoms with E-state index in [0.717, 1.165) is 0 Å². The molecule has 0 spiro atoms.